The van der Waals surface area contributed by atoms with Crippen molar-refractivity contribution < 1.29 is 9.18 Å². The zero-order chi connectivity index (χ0) is 20.7. The average molecular weight is 404 g/mol. The Balaban J connectivity index is 1.35. The standard InChI is InChI=1S/C24H25FN4O/c1-16-20-5-2-3-6-21(20)27-24(26-16)29-13-4-7-22(29)23(30)28-14-12-18(15-28)17-8-10-19(25)11-9-17/h2-3,5-6,8-11,18,22H,4,7,12-15H2,1H3. The number of likely N-dealkylation sites (tertiary alicyclic amines) is 1. The van der Waals surface area contributed by atoms with Gasteiger partial charge in [-0.15, -0.1) is 0 Å². The molecule has 0 radical (unpaired) electrons. The van der Waals surface area contributed by atoms with Crippen LogP contribution >= 0.6 is 0 Å². The average Bonchev–Trinajstić information content (AvgIpc) is 3.44. The van der Waals surface area contributed by atoms with E-state index in [9.17, 15) is 9.18 Å². The van der Waals surface area contributed by atoms with Gasteiger partial charge in [0.1, 0.15) is 11.9 Å². The van der Waals surface area contributed by atoms with E-state index in [2.05, 4.69) is 4.90 Å². The fourth-order valence-corrected chi connectivity index (χ4v) is 4.79. The molecule has 30 heavy (non-hydrogen) atoms. The van der Waals surface area contributed by atoms with Crippen molar-refractivity contribution in [3.63, 3.8) is 0 Å². The SMILES string of the molecule is Cc1nc(N2CCCC2C(=O)N2CCC(c3ccc(F)cc3)C2)nc2ccccc12. The lowest BCUT2D eigenvalue weighted by atomic mass is 9.98. The summed E-state index contributed by atoms with van der Waals surface area (Å²) in [6, 6.07) is 14.4. The van der Waals surface area contributed by atoms with Crippen LogP contribution < -0.4 is 4.90 Å². The first-order valence-electron chi connectivity index (χ1n) is 10.6. The van der Waals surface area contributed by atoms with Gasteiger partial charge in [0.2, 0.25) is 11.9 Å². The summed E-state index contributed by atoms with van der Waals surface area (Å²) >= 11 is 0. The third-order valence-electron chi connectivity index (χ3n) is 6.42. The quantitative estimate of drug-likeness (QED) is 0.661. The highest BCUT2D eigenvalue weighted by Crippen LogP contribution is 2.31. The number of fused-ring (bicyclic) bond motifs is 1. The summed E-state index contributed by atoms with van der Waals surface area (Å²) in [6.45, 7) is 4.22. The Bertz CT molecular complexity index is 1080. The summed E-state index contributed by atoms with van der Waals surface area (Å²) in [5, 5.41) is 1.05. The van der Waals surface area contributed by atoms with E-state index in [1.54, 1.807) is 0 Å². The van der Waals surface area contributed by atoms with Gasteiger partial charge in [0.15, 0.2) is 0 Å². The molecule has 5 rings (SSSR count). The van der Waals surface area contributed by atoms with Crippen LogP contribution in [0, 0.1) is 12.7 Å². The molecule has 2 aromatic carbocycles. The van der Waals surface area contributed by atoms with Crippen LogP contribution in [0.1, 0.15) is 36.4 Å². The van der Waals surface area contributed by atoms with Crippen LogP contribution in [-0.4, -0.2) is 46.5 Å². The molecule has 154 valence electrons. The normalized spacial score (nSPS) is 21.5. The van der Waals surface area contributed by atoms with Crippen molar-refractivity contribution in [2.75, 3.05) is 24.5 Å². The molecular formula is C24H25FN4O. The number of aromatic nitrogens is 2. The molecule has 2 atom stereocenters. The number of anilines is 1. The first-order chi connectivity index (χ1) is 14.6. The Morgan fingerprint density at radius 1 is 1.03 bits per heavy atom. The molecule has 2 unspecified atom stereocenters. The number of amides is 1. The summed E-state index contributed by atoms with van der Waals surface area (Å²) < 4.78 is 13.2. The topological polar surface area (TPSA) is 49.3 Å². The number of aryl methyl sites for hydroxylation is 1. The summed E-state index contributed by atoms with van der Waals surface area (Å²) in [4.78, 5) is 26.9. The molecule has 2 saturated heterocycles. The molecule has 2 aliphatic rings. The molecule has 0 saturated carbocycles. The smallest absolute Gasteiger partial charge is 0.245 e. The third-order valence-corrected chi connectivity index (χ3v) is 6.42. The maximum absolute atomic E-state index is 13.4. The van der Waals surface area contributed by atoms with Crippen LogP contribution in [-0.2, 0) is 4.79 Å². The second-order valence-corrected chi connectivity index (χ2v) is 8.30. The van der Waals surface area contributed by atoms with Gasteiger partial charge < -0.3 is 9.80 Å². The number of hydrogen-bond acceptors (Lipinski definition) is 4. The first-order valence-corrected chi connectivity index (χ1v) is 10.6. The highest BCUT2D eigenvalue weighted by atomic mass is 19.1. The van der Waals surface area contributed by atoms with E-state index in [0.717, 1.165) is 54.5 Å². The lowest BCUT2D eigenvalue weighted by Crippen LogP contribution is -2.45. The monoisotopic (exact) mass is 404 g/mol. The predicted octanol–water partition coefficient (Wildman–Crippen LogP) is 4.06. The number of carbonyl (C=O) groups is 1. The maximum atomic E-state index is 13.4. The van der Waals surface area contributed by atoms with E-state index < -0.39 is 0 Å². The Hall–Kier alpha value is -3.02. The van der Waals surface area contributed by atoms with Crippen molar-refractivity contribution >= 4 is 22.8 Å². The summed E-state index contributed by atoms with van der Waals surface area (Å²) in [5.41, 5.74) is 2.95. The largest absolute Gasteiger partial charge is 0.340 e. The van der Waals surface area contributed by atoms with E-state index in [4.69, 9.17) is 9.97 Å². The Labute approximate surface area is 175 Å². The van der Waals surface area contributed by atoms with Crippen molar-refractivity contribution in [3.8, 4) is 0 Å². The van der Waals surface area contributed by atoms with E-state index in [1.165, 1.54) is 12.1 Å². The second-order valence-electron chi connectivity index (χ2n) is 8.30. The molecule has 0 aliphatic carbocycles. The van der Waals surface area contributed by atoms with Crippen molar-refractivity contribution in [2.24, 2.45) is 0 Å². The molecule has 1 amide bonds. The molecule has 0 N–H and O–H groups in total. The highest BCUT2D eigenvalue weighted by Gasteiger charge is 2.38. The van der Waals surface area contributed by atoms with Gasteiger partial charge in [-0.3, -0.25) is 4.79 Å². The number of hydrogen-bond donors (Lipinski definition) is 0. The zero-order valence-electron chi connectivity index (χ0n) is 17.1. The van der Waals surface area contributed by atoms with Crippen LogP contribution in [0.2, 0.25) is 0 Å². The summed E-state index contributed by atoms with van der Waals surface area (Å²) in [6.07, 6.45) is 2.70. The number of halogens is 1. The van der Waals surface area contributed by atoms with Gasteiger partial charge in [-0.25, -0.2) is 14.4 Å². The fourth-order valence-electron chi connectivity index (χ4n) is 4.79. The number of nitrogens with zero attached hydrogens (tertiary/aromatic N) is 4. The van der Waals surface area contributed by atoms with Crippen LogP contribution in [0.5, 0.6) is 0 Å². The van der Waals surface area contributed by atoms with Gasteiger partial charge in [-0.1, -0.05) is 30.3 Å². The molecule has 1 aromatic heterocycles. The Morgan fingerprint density at radius 3 is 2.67 bits per heavy atom. The van der Waals surface area contributed by atoms with Gasteiger partial charge in [-0.2, -0.15) is 0 Å². The molecule has 2 aliphatic heterocycles. The number of rotatable bonds is 3. The molecule has 0 bridgehead atoms. The van der Waals surface area contributed by atoms with Crippen molar-refractivity contribution in [1.82, 2.24) is 14.9 Å². The molecule has 5 nitrogen and oxygen atoms in total. The number of benzene rings is 2. The third kappa shape index (κ3) is 3.40. The van der Waals surface area contributed by atoms with Gasteiger partial charge in [0.05, 0.1) is 11.2 Å². The predicted molar refractivity (Wildman–Crippen MR) is 115 cm³/mol. The summed E-state index contributed by atoms with van der Waals surface area (Å²) in [7, 11) is 0. The van der Waals surface area contributed by atoms with Crippen LogP contribution in [0.25, 0.3) is 10.9 Å². The van der Waals surface area contributed by atoms with Crippen molar-refractivity contribution in [1.29, 1.82) is 0 Å². The van der Waals surface area contributed by atoms with Crippen LogP contribution in [0.15, 0.2) is 48.5 Å². The molecule has 3 aromatic rings. The van der Waals surface area contributed by atoms with Gasteiger partial charge in [0, 0.05) is 30.9 Å². The van der Waals surface area contributed by atoms with E-state index in [0.29, 0.717) is 12.5 Å². The van der Waals surface area contributed by atoms with Crippen LogP contribution in [0.4, 0.5) is 10.3 Å². The lowest BCUT2D eigenvalue weighted by molar-refractivity contribution is -0.131. The molecule has 2 fully saturated rings. The van der Waals surface area contributed by atoms with Gasteiger partial charge >= 0.3 is 0 Å². The van der Waals surface area contributed by atoms with Crippen molar-refractivity contribution in [3.05, 3.63) is 65.6 Å². The Morgan fingerprint density at radius 2 is 1.83 bits per heavy atom. The Kier molecular flexibility index (Phi) is 4.85. The number of para-hydroxylation sites is 1. The maximum Gasteiger partial charge on any atom is 0.245 e. The highest BCUT2D eigenvalue weighted by molar-refractivity contribution is 5.87. The van der Waals surface area contributed by atoms with E-state index in [1.807, 2.05) is 48.2 Å². The van der Waals surface area contributed by atoms with E-state index >= 15 is 0 Å². The lowest BCUT2D eigenvalue weighted by Gasteiger charge is -2.28. The minimum Gasteiger partial charge on any atom is -0.340 e. The molecule has 3 heterocycles. The summed E-state index contributed by atoms with van der Waals surface area (Å²) in [5.74, 6) is 0.850. The van der Waals surface area contributed by atoms with Gasteiger partial charge in [0.25, 0.3) is 0 Å². The fraction of sp³-hybridized carbons (Fsp3) is 0.375. The van der Waals surface area contributed by atoms with Crippen molar-refractivity contribution in [2.45, 2.75) is 38.1 Å². The van der Waals surface area contributed by atoms with Gasteiger partial charge in [-0.05, 0) is 49.9 Å². The minimum absolute atomic E-state index is 0.159. The minimum atomic E-state index is -0.225. The first kappa shape index (κ1) is 19.0. The molecule has 6 heteroatoms. The van der Waals surface area contributed by atoms with Crippen LogP contribution in [0.3, 0.4) is 0 Å². The number of carbonyl (C=O) groups excluding carboxylic acids is 1. The molecular weight excluding hydrogens is 379 g/mol. The second kappa shape index (κ2) is 7.67. The molecule has 0 spiro atoms. The zero-order valence-corrected chi connectivity index (χ0v) is 17.1. The van der Waals surface area contributed by atoms with E-state index in [-0.39, 0.29) is 23.7 Å².